The molecule has 9 heteroatoms. The number of benzene rings is 1. The minimum Gasteiger partial charge on any atom is -0.376 e. The topological polar surface area (TPSA) is 46.6 Å². The van der Waals surface area contributed by atoms with Gasteiger partial charge in [0, 0.05) is 10.1 Å². The molecule has 124 valence electrons. The molecule has 22 heavy (non-hydrogen) atoms. The Kier molecular flexibility index (Phi) is 5.29. The zero-order valence-electron chi connectivity index (χ0n) is 11.8. The Morgan fingerprint density at radius 3 is 2.23 bits per heavy atom. The Bertz CT molecular complexity index is 594. The maximum absolute atomic E-state index is 12.2. The number of hydrogen-bond acceptors (Lipinski definition) is 5. The van der Waals surface area contributed by atoms with Crippen LogP contribution in [0, 0.1) is 0 Å². The summed E-state index contributed by atoms with van der Waals surface area (Å²) in [7, 11) is -3.55. The van der Waals surface area contributed by atoms with E-state index in [-0.39, 0.29) is 5.75 Å². The lowest BCUT2D eigenvalue weighted by atomic mass is 10.1. The molecule has 1 heterocycles. The summed E-state index contributed by atoms with van der Waals surface area (Å²) in [6.45, 7) is 2.03. The molecule has 1 fully saturated rings. The second-order valence-electron chi connectivity index (χ2n) is 5.08. The predicted molar refractivity (Wildman–Crippen MR) is 78.4 cm³/mol. The lowest BCUT2D eigenvalue weighted by molar-refractivity contribution is -0.0500. The fourth-order valence-electron chi connectivity index (χ4n) is 2.04. The van der Waals surface area contributed by atoms with E-state index in [2.05, 4.69) is 16.1 Å². The summed E-state index contributed by atoms with van der Waals surface area (Å²) >= 11 is 1.64. The van der Waals surface area contributed by atoms with Crippen molar-refractivity contribution in [2.24, 2.45) is 0 Å². The first-order valence-corrected chi connectivity index (χ1v) is 8.92. The monoisotopic (exact) mass is 355 g/mol. The number of rotatable bonds is 4. The van der Waals surface area contributed by atoms with Gasteiger partial charge in [-0.1, -0.05) is 0 Å². The third-order valence-electron chi connectivity index (χ3n) is 3.28. The van der Waals surface area contributed by atoms with Crippen molar-refractivity contribution in [1.82, 2.24) is 4.90 Å². The van der Waals surface area contributed by atoms with Gasteiger partial charge in [0.15, 0.2) is 0 Å². The van der Waals surface area contributed by atoms with E-state index in [4.69, 9.17) is 0 Å². The molecule has 1 saturated heterocycles. The zero-order chi connectivity index (χ0) is 16.4. The Hall–Kier alpha value is -0.930. The second-order valence-corrected chi connectivity index (χ2v) is 7.99. The van der Waals surface area contributed by atoms with Gasteiger partial charge in [-0.25, -0.2) is 0 Å². The fraction of sp³-hybridized carbons (Fsp3) is 0.538. The molecule has 0 unspecified atom stereocenters. The van der Waals surface area contributed by atoms with E-state index in [1.54, 1.807) is 23.9 Å². The molecule has 0 N–H and O–H groups in total. The van der Waals surface area contributed by atoms with Crippen LogP contribution < -0.4 is 4.18 Å². The van der Waals surface area contributed by atoms with E-state index < -0.39 is 15.6 Å². The summed E-state index contributed by atoms with van der Waals surface area (Å²) in [6, 6.07) is 5.62. The highest BCUT2D eigenvalue weighted by Crippen LogP contribution is 2.32. The van der Waals surface area contributed by atoms with Gasteiger partial charge in [-0.2, -0.15) is 21.6 Å². The first kappa shape index (κ1) is 17.4. The average Bonchev–Trinajstić information content (AvgIpc) is 2.42. The molecule has 1 aliphatic heterocycles. The van der Waals surface area contributed by atoms with Crippen molar-refractivity contribution in [3.8, 4) is 5.75 Å². The quantitative estimate of drug-likeness (QED) is 0.613. The number of likely N-dealkylation sites (tertiary alicyclic amines) is 1. The van der Waals surface area contributed by atoms with Gasteiger partial charge >= 0.3 is 15.6 Å². The first-order valence-electron chi connectivity index (χ1n) is 6.63. The van der Waals surface area contributed by atoms with Crippen LogP contribution in [0.3, 0.4) is 0 Å². The second kappa shape index (κ2) is 6.67. The maximum atomic E-state index is 12.2. The number of alkyl halides is 3. The molecule has 0 aromatic heterocycles. The summed E-state index contributed by atoms with van der Waals surface area (Å²) < 4.78 is 62.5. The van der Waals surface area contributed by atoms with Crippen molar-refractivity contribution in [1.29, 1.82) is 0 Å². The standard InChI is InChI=1S/C13H16F3NO3S2/c1-17-8-6-12(7-9-17)21-11-4-2-10(3-5-11)20-22(18,19)13(14,15)16/h2-5,12H,6-9H2,1H3. The minimum absolute atomic E-state index is 0.343. The highest BCUT2D eigenvalue weighted by Gasteiger charge is 2.48. The number of piperidine rings is 1. The van der Waals surface area contributed by atoms with Crippen molar-refractivity contribution in [3.05, 3.63) is 24.3 Å². The van der Waals surface area contributed by atoms with Crippen molar-refractivity contribution in [2.45, 2.75) is 28.5 Å². The number of hydrogen-bond donors (Lipinski definition) is 0. The van der Waals surface area contributed by atoms with Crippen LogP contribution in [0.5, 0.6) is 5.75 Å². The third kappa shape index (κ3) is 4.53. The van der Waals surface area contributed by atoms with E-state index in [9.17, 15) is 21.6 Å². The summed E-state index contributed by atoms with van der Waals surface area (Å²) in [6.07, 6.45) is 2.09. The zero-order valence-corrected chi connectivity index (χ0v) is 13.5. The van der Waals surface area contributed by atoms with E-state index in [0.717, 1.165) is 30.8 Å². The van der Waals surface area contributed by atoms with E-state index in [1.165, 1.54) is 12.1 Å². The average molecular weight is 355 g/mol. The third-order valence-corrected chi connectivity index (χ3v) is 5.61. The van der Waals surface area contributed by atoms with Crippen LogP contribution in [0.2, 0.25) is 0 Å². The van der Waals surface area contributed by atoms with E-state index in [0.29, 0.717) is 5.25 Å². The van der Waals surface area contributed by atoms with Crippen LogP contribution in [0.1, 0.15) is 12.8 Å². The molecule has 2 rings (SSSR count). The highest BCUT2D eigenvalue weighted by molar-refractivity contribution is 8.00. The number of nitrogens with zero attached hydrogens (tertiary/aromatic N) is 1. The van der Waals surface area contributed by atoms with Crippen molar-refractivity contribution < 1.29 is 25.8 Å². The molecule has 4 nitrogen and oxygen atoms in total. The van der Waals surface area contributed by atoms with Gasteiger partial charge in [-0.3, -0.25) is 0 Å². The molecular weight excluding hydrogens is 339 g/mol. The fourth-order valence-corrected chi connectivity index (χ4v) is 3.63. The van der Waals surface area contributed by atoms with E-state index >= 15 is 0 Å². The normalized spacial score (nSPS) is 18.4. The van der Waals surface area contributed by atoms with Gasteiger partial charge in [0.2, 0.25) is 0 Å². The van der Waals surface area contributed by atoms with Gasteiger partial charge < -0.3 is 9.08 Å². The van der Waals surface area contributed by atoms with Crippen LogP contribution >= 0.6 is 11.8 Å². The Balaban J connectivity index is 1.96. The number of halogens is 3. The summed E-state index contributed by atoms with van der Waals surface area (Å²) in [5.41, 5.74) is -5.42. The van der Waals surface area contributed by atoms with Crippen LogP contribution in [0.4, 0.5) is 13.2 Å². The SMILES string of the molecule is CN1CCC(Sc2ccc(OS(=O)(=O)C(F)(F)F)cc2)CC1. The number of thioether (sulfide) groups is 1. The van der Waals surface area contributed by atoms with Gasteiger partial charge in [0.25, 0.3) is 0 Å². The minimum atomic E-state index is -5.61. The molecule has 0 spiro atoms. The predicted octanol–water partition coefficient (Wildman–Crippen LogP) is 3.10. The van der Waals surface area contributed by atoms with Gasteiger partial charge in [0.05, 0.1) is 0 Å². The Morgan fingerprint density at radius 1 is 1.18 bits per heavy atom. The molecule has 1 aliphatic rings. The molecular formula is C13H16F3NO3S2. The molecule has 0 saturated carbocycles. The van der Waals surface area contributed by atoms with Gasteiger partial charge in [-0.15, -0.1) is 11.8 Å². The largest absolute Gasteiger partial charge is 0.534 e. The highest BCUT2D eigenvalue weighted by atomic mass is 32.2. The molecule has 1 aromatic carbocycles. The van der Waals surface area contributed by atoms with Crippen molar-refractivity contribution in [3.63, 3.8) is 0 Å². The lowest BCUT2D eigenvalue weighted by Gasteiger charge is -2.28. The van der Waals surface area contributed by atoms with Gasteiger partial charge in [0.1, 0.15) is 5.75 Å². The van der Waals surface area contributed by atoms with Crippen LogP contribution in [0.15, 0.2) is 29.2 Å². The molecule has 1 aromatic rings. The van der Waals surface area contributed by atoms with Gasteiger partial charge in [-0.05, 0) is 57.2 Å². The van der Waals surface area contributed by atoms with Crippen LogP contribution in [0.25, 0.3) is 0 Å². The first-order chi connectivity index (χ1) is 10.2. The molecule has 0 bridgehead atoms. The summed E-state index contributed by atoms with van der Waals surface area (Å²) in [4.78, 5) is 3.13. The van der Waals surface area contributed by atoms with Crippen LogP contribution in [-0.2, 0) is 10.1 Å². The van der Waals surface area contributed by atoms with Crippen molar-refractivity contribution in [2.75, 3.05) is 20.1 Å². The Labute approximate surface area is 131 Å². The Morgan fingerprint density at radius 2 is 1.73 bits per heavy atom. The molecule has 0 aliphatic carbocycles. The lowest BCUT2D eigenvalue weighted by Crippen LogP contribution is -2.31. The smallest absolute Gasteiger partial charge is 0.376 e. The maximum Gasteiger partial charge on any atom is 0.534 e. The molecule has 0 amide bonds. The molecule has 0 radical (unpaired) electrons. The molecule has 0 atom stereocenters. The van der Waals surface area contributed by atoms with Crippen LogP contribution in [-0.4, -0.2) is 44.2 Å². The van der Waals surface area contributed by atoms with Crippen molar-refractivity contribution >= 4 is 21.9 Å². The summed E-state index contributed by atoms with van der Waals surface area (Å²) in [5, 5.41) is 0.460. The summed E-state index contributed by atoms with van der Waals surface area (Å²) in [5.74, 6) is -0.343. The van der Waals surface area contributed by atoms with E-state index in [1.807, 2.05) is 0 Å².